The molecule has 0 bridgehead atoms. The Morgan fingerprint density at radius 3 is 0.919 bits per heavy atom. The molecule has 2 saturated heterocycles. The van der Waals surface area contributed by atoms with Crippen molar-refractivity contribution in [2.45, 2.75) is 217 Å². The minimum atomic E-state index is -0.736. The predicted octanol–water partition coefficient (Wildman–Crippen LogP) is 10.2. The molecule has 358 valence electrons. The van der Waals surface area contributed by atoms with Gasteiger partial charge in [0, 0.05) is 25.7 Å². The number of hydroxylamine groups is 4. The number of aliphatic carboxylic acids is 3. The van der Waals surface area contributed by atoms with Gasteiger partial charge in [0.25, 0.3) is 23.6 Å². The smallest absolute Gasteiger partial charge is 0.338 e. The van der Waals surface area contributed by atoms with Crippen molar-refractivity contribution in [3.8, 4) is 12.8 Å². The predicted molar refractivity (Wildman–Crippen MR) is 237 cm³/mol. The molecule has 62 heavy (non-hydrogen) atoms. The van der Waals surface area contributed by atoms with Gasteiger partial charge < -0.3 is 20.2 Å². The SMILES string of the molecule is C.CC(C)(CCCCCCCCCCC(C)(C)C(=O)O)C(=O)O.CC(C)(CCCCCCCCCCC(C)(C)C(=O)ON1C(=O)CCC1=O)C(=O)O.O=C1CCC(=O)N1O.[2H]C#C. The fraction of sp³-hybridized carbons (Fsp3) is 0.787. The van der Waals surface area contributed by atoms with Crippen molar-refractivity contribution in [3.05, 3.63) is 0 Å². The van der Waals surface area contributed by atoms with E-state index in [2.05, 4.69) is 6.42 Å². The average Bonchev–Trinajstić information content (AvgIpc) is 3.66. The van der Waals surface area contributed by atoms with Gasteiger partial charge in [-0.25, -0.2) is 4.79 Å². The highest BCUT2D eigenvalue weighted by Gasteiger charge is 2.38. The van der Waals surface area contributed by atoms with Crippen LogP contribution in [0.3, 0.4) is 0 Å². The Bertz CT molecular complexity index is 1420. The van der Waals surface area contributed by atoms with Crippen LogP contribution in [0.4, 0.5) is 0 Å². The maximum Gasteiger partial charge on any atom is 0.338 e. The first-order chi connectivity index (χ1) is 28.7. The van der Waals surface area contributed by atoms with Crippen LogP contribution in [0.2, 0.25) is 0 Å². The Labute approximate surface area is 373 Å². The summed E-state index contributed by atoms with van der Waals surface area (Å²) in [4.78, 5) is 93.9. The van der Waals surface area contributed by atoms with Crippen LogP contribution in [0.25, 0.3) is 0 Å². The number of unbranched alkanes of at least 4 members (excludes halogenated alkanes) is 14. The molecule has 0 radical (unpaired) electrons. The van der Waals surface area contributed by atoms with Crippen LogP contribution < -0.4 is 0 Å². The van der Waals surface area contributed by atoms with Crippen LogP contribution in [0, 0.1) is 34.5 Å². The molecule has 0 unspecified atom stereocenters. The lowest BCUT2D eigenvalue weighted by atomic mass is 9.86. The van der Waals surface area contributed by atoms with Crippen molar-refractivity contribution in [1.29, 1.82) is 0 Å². The van der Waals surface area contributed by atoms with Crippen molar-refractivity contribution in [2.24, 2.45) is 21.7 Å². The van der Waals surface area contributed by atoms with E-state index in [0.29, 0.717) is 17.9 Å². The molecule has 4 N–H and O–H groups in total. The van der Waals surface area contributed by atoms with Gasteiger partial charge >= 0.3 is 23.9 Å². The molecule has 0 aliphatic carbocycles. The molecule has 0 spiro atoms. The summed E-state index contributed by atoms with van der Waals surface area (Å²) in [7, 11) is 0. The molecule has 2 fully saturated rings. The van der Waals surface area contributed by atoms with Crippen molar-refractivity contribution >= 4 is 47.5 Å². The highest BCUT2D eigenvalue weighted by molar-refractivity contribution is 6.02. The number of imide groups is 2. The lowest BCUT2D eigenvalue weighted by Gasteiger charge is -2.24. The largest absolute Gasteiger partial charge is 0.481 e. The number of hydrogen-bond donors (Lipinski definition) is 4. The fourth-order valence-electron chi connectivity index (χ4n) is 6.24. The molecule has 15 heteroatoms. The molecule has 0 aromatic carbocycles. The van der Waals surface area contributed by atoms with Gasteiger partial charge in [-0.2, -0.15) is 5.06 Å². The summed E-state index contributed by atoms with van der Waals surface area (Å²) in [6.45, 7) is 14.2. The first-order valence-corrected chi connectivity index (χ1v) is 21.9. The van der Waals surface area contributed by atoms with Gasteiger partial charge in [0.05, 0.1) is 21.7 Å². The molecule has 0 atom stereocenters. The van der Waals surface area contributed by atoms with Crippen LogP contribution >= 0.6 is 0 Å². The second kappa shape index (κ2) is 31.5. The number of carboxylic acid groups (broad SMARTS) is 3. The van der Waals surface area contributed by atoms with Crippen LogP contribution in [-0.2, 0) is 43.2 Å². The summed E-state index contributed by atoms with van der Waals surface area (Å²) >= 11 is 0. The fourth-order valence-corrected chi connectivity index (χ4v) is 6.24. The molecule has 4 amide bonds. The number of carbonyl (C=O) groups excluding carboxylic acids is 5. The molecule has 15 nitrogen and oxygen atoms in total. The molecule has 0 aromatic heterocycles. The van der Waals surface area contributed by atoms with Gasteiger partial charge in [0.2, 0.25) is 0 Å². The first-order valence-electron chi connectivity index (χ1n) is 22.4. The maximum absolute atomic E-state index is 12.3. The quantitative estimate of drug-likeness (QED) is 0.0260. The summed E-state index contributed by atoms with van der Waals surface area (Å²) in [5.41, 5.74) is -2.57. The first kappa shape index (κ1) is 59.8. The van der Waals surface area contributed by atoms with Crippen molar-refractivity contribution in [2.75, 3.05) is 0 Å². The molecule has 2 heterocycles. The lowest BCUT2D eigenvalue weighted by Crippen LogP contribution is -2.37. The molecule has 2 aliphatic rings. The van der Waals surface area contributed by atoms with Crippen molar-refractivity contribution in [1.82, 2.24) is 10.1 Å². The lowest BCUT2D eigenvalue weighted by molar-refractivity contribution is -0.204. The van der Waals surface area contributed by atoms with Gasteiger partial charge in [-0.05, 0) is 81.1 Å². The third kappa shape index (κ3) is 26.2. The second-order valence-corrected chi connectivity index (χ2v) is 18.7. The third-order valence-electron chi connectivity index (χ3n) is 11.2. The van der Waals surface area contributed by atoms with E-state index in [1.54, 1.807) is 55.4 Å². The van der Waals surface area contributed by atoms with Crippen LogP contribution in [0.5, 0.6) is 0 Å². The van der Waals surface area contributed by atoms with E-state index in [-0.39, 0.29) is 38.2 Å². The second-order valence-electron chi connectivity index (χ2n) is 18.7. The summed E-state index contributed by atoms with van der Waals surface area (Å²) < 4.78 is 5.74. The Hall–Kier alpha value is -4.32. The highest BCUT2D eigenvalue weighted by Crippen LogP contribution is 2.29. The number of hydrogen-bond acceptors (Lipinski definition) is 10. The number of rotatable bonds is 27. The Kier molecular flexibility index (Phi) is 30.4. The minimum absolute atomic E-state index is 0. The zero-order valence-corrected chi connectivity index (χ0v) is 38.4. The van der Waals surface area contributed by atoms with E-state index in [1.807, 2.05) is 0 Å². The van der Waals surface area contributed by atoms with Gasteiger partial charge in [0.15, 0.2) is 0 Å². The molecule has 0 aromatic rings. The number of nitrogens with zero attached hydrogens (tertiary/aromatic N) is 2. The molecule has 0 saturated carbocycles. The van der Waals surface area contributed by atoms with E-state index in [9.17, 15) is 38.4 Å². The van der Waals surface area contributed by atoms with E-state index < -0.39 is 69.2 Å². The highest BCUT2D eigenvalue weighted by atomic mass is 16.7. The summed E-state index contributed by atoms with van der Waals surface area (Å²) in [5.74, 6) is -4.61. The number of carbonyl (C=O) groups is 8. The number of terminal acetylenes is 1. The molecule has 2 aliphatic heterocycles. The van der Waals surface area contributed by atoms with Crippen LogP contribution in [0.15, 0.2) is 0 Å². The Balaban J connectivity index is -0.000000926. The summed E-state index contributed by atoms with van der Waals surface area (Å²) in [6, 6.07) is 0. The summed E-state index contributed by atoms with van der Waals surface area (Å²) in [5, 5.41) is 36.3. The normalized spacial score (nSPS) is 14.2. The molecular weight excluding hydrogens is 801 g/mol. The summed E-state index contributed by atoms with van der Waals surface area (Å²) in [6.07, 6.45) is 26.3. The van der Waals surface area contributed by atoms with E-state index >= 15 is 0 Å². The van der Waals surface area contributed by atoms with Gasteiger partial charge in [-0.15, -0.1) is 17.9 Å². The van der Waals surface area contributed by atoms with Crippen molar-refractivity contribution in [3.63, 3.8) is 0 Å². The zero-order chi connectivity index (χ0) is 48.2. The van der Waals surface area contributed by atoms with Crippen molar-refractivity contribution < 1.29 is 65.1 Å². The average molecular weight is 884 g/mol. The zero-order valence-electron chi connectivity index (χ0n) is 39.4. The van der Waals surface area contributed by atoms with E-state index in [0.717, 1.165) is 103 Å². The minimum Gasteiger partial charge on any atom is -0.481 e. The maximum atomic E-state index is 12.3. The Morgan fingerprint density at radius 1 is 0.500 bits per heavy atom. The van der Waals surface area contributed by atoms with Gasteiger partial charge in [-0.3, -0.25) is 38.8 Å². The number of carboxylic acids is 3. The monoisotopic (exact) mass is 884 g/mol. The number of amides is 4. The van der Waals surface area contributed by atoms with Crippen LogP contribution in [0.1, 0.15) is 218 Å². The standard InChI is InChI=1S/C22H37NO6.C18H34O4.C4H5NO3.C2H2.CH4/c1-21(2,19(26)27)15-11-9-7-5-6-8-10-12-16-22(3,4)20(28)29-23-17(24)13-14-18(23)25;1-17(2,15(19)20)13-11-9-7-5-6-8-10-12-14-18(3,4)16(21)22;6-3-1-2-4(7)5(3)8;1-2;/h5-16H2,1-4H3,(H,26,27);5-14H2,1-4H3,(H,19,20)(H,21,22);8H,1-2H2;1-2H;1H4/i;;;1D;. The topological polar surface area (TPSA) is 233 Å². The Morgan fingerprint density at radius 2 is 0.710 bits per heavy atom. The van der Waals surface area contributed by atoms with E-state index in [1.165, 1.54) is 19.2 Å². The van der Waals surface area contributed by atoms with Gasteiger partial charge in [-0.1, -0.05) is 110 Å². The van der Waals surface area contributed by atoms with Crippen LogP contribution in [-0.4, -0.2) is 78.2 Å². The molecular formula is C47H82N2O13. The van der Waals surface area contributed by atoms with E-state index in [4.69, 9.17) is 26.7 Å². The third-order valence-corrected chi connectivity index (χ3v) is 11.2. The van der Waals surface area contributed by atoms with Gasteiger partial charge in [0.1, 0.15) is 1.37 Å². The molecule has 2 rings (SSSR count).